The lowest BCUT2D eigenvalue weighted by atomic mass is 10.0. The first-order valence-electron chi connectivity index (χ1n) is 10.5. The number of ether oxygens (including phenoxy) is 1. The minimum Gasteiger partial charge on any atom is -0.497 e. The van der Waals surface area contributed by atoms with Gasteiger partial charge in [-0.15, -0.1) is 0 Å². The highest BCUT2D eigenvalue weighted by molar-refractivity contribution is 6.31. The molecule has 1 saturated heterocycles. The van der Waals surface area contributed by atoms with Crippen molar-refractivity contribution in [3.63, 3.8) is 0 Å². The Bertz CT molecular complexity index is 1010. The molecule has 1 aliphatic heterocycles. The minimum absolute atomic E-state index is 0.0796. The van der Waals surface area contributed by atoms with Crippen LogP contribution >= 0.6 is 11.6 Å². The fourth-order valence-corrected chi connectivity index (χ4v) is 4.25. The van der Waals surface area contributed by atoms with Crippen LogP contribution in [0.5, 0.6) is 5.75 Å². The van der Waals surface area contributed by atoms with Gasteiger partial charge in [0.15, 0.2) is 0 Å². The van der Waals surface area contributed by atoms with E-state index in [2.05, 4.69) is 32.4 Å². The average Bonchev–Trinajstić information content (AvgIpc) is 3.21. The van der Waals surface area contributed by atoms with E-state index >= 15 is 0 Å². The zero-order chi connectivity index (χ0) is 21.6. The summed E-state index contributed by atoms with van der Waals surface area (Å²) in [4.78, 5) is 19.3. The summed E-state index contributed by atoms with van der Waals surface area (Å²) < 4.78 is 6.90. The summed E-state index contributed by atoms with van der Waals surface area (Å²) in [5.41, 5.74) is 2.54. The number of nitrogens with one attached hydrogen (secondary N) is 1. The SMILES string of the molecule is COc1ccc([C@@H]2CCCCCN2CC(=O)Nc2cc(Cl)ccc2-n2cncn2)cc1. The number of hydrogen-bond donors (Lipinski definition) is 1. The number of nitrogens with zero attached hydrogens (tertiary/aromatic N) is 4. The number of likely N-dealkylation sites (tertiary alicyclic amines) is 1. The van der Waals surface area contributed by atoms with Crippen LogP contribution in [0.2, 0.25) is 5.02 Å². The number of methoxy groups -OCH3 is 1. The quantitative estimate of drug-likeness (QED) is 0.612. The molecule has 31 heavy (non-hydrogen) atoms. The maximum Gasteiger partial charge on any atom is 0.238 e. The highest BCUT2D eigenvalue weighted by Crippen LogP contribution is 2.31. The fourth-order valence-electron chi connectivity index (χ4n) is 4.08. The minimum atomic E-state index is -0.0796. The van der Waals surface area contributed by atoms with E-state index in [9.17, 15) is 4.79 Å². The van der Waals surface area contributed by atoms with Crippen LogP contribution in [0.4, 0.5) is 5.69 Å². The van der Waals surface area contributed by atoms with Crippen LogP contribution in [0.15, 0.2) is 55.1 Å². The molecule has 3 aromatic rings. The summed E-state index contributed by atoms with van der Waals surface area (Å²) in [6.07, 6.45) is 7.49. The molecule has 162 valence electrons. The zero-order valence-electron chi connectivity index (χ0n) is 17.5. The summed E-state index contributed by atoms with van der Waals surface area (Å²) in [5.74, 6) is 0.757. The van der Waals surface area contributed by atoms with Gasteiger partial charge in [-0.1, -0.05) is 36.6 Å². The average molecular weight is 440 g/mol. The van der Waals surface area contributed by atoms with Crippen molar-refractivity contribution in [1.82, 2.24) is 19.7 Å². The summed E-state index contributed by atoms with van der Waals surface area (Å²) >= 11 is 6.19. The second-order valence-electron chi connectivity index (χ2n) is 7.66. The smallest absolute Gasteiger partial charge is 0.238 e. The van der Waals surface area contributed by atoms with Crippen molar-refractivity contribution in [1.29, 1.82) is 0 Å². The van der Waals surface area contributed by atoms with Crippen molar-refractivity contribution >= 4 is 23.2 Å². The van der Waals surface area contributed by atoms with Gasteiger partial charge in [0.2, 0.25) is 5.91 Å². The van der Waals surface area contributed by atoms with Crippen molar-refractivity contribution in [2.75, 3.05) is 25.5 Å². The van der Waals surface area contributed by atoms with Crippen LogP contribution in [0.25, 0.3) is 5.69 Å². The maximum atomic E-state index is 13.0. The molecule has 8 heteroatoms. The van der Waals surface area contributed by atoms with Gasteiger partial charge in [-0.05, 0) is 55.3 Å². The highest BCUT2D eigenvalue weighted by Gasteiger charge is 2.25. The van der Waals surface area contributed by atoms with Crippen LogP contribution in [0.1, 0.15) is 37.3 Å². The van der Waals surface area contributed by atoms with E-state index in [1.165, 1.54) is 18.3 Å². The normalized spacial score (nSPS) is 17.2. The lowest BCUT2D eigenvalue weighted by Gasteiger charge is -2.30. The van der Waals surface area contributed by atoms with Gasteiger partial charge in [0.25, 0.3) is 0 Å². The molecule has 0 radical (unpaired) electrons. The molecule has 4 rings (SSSR count). The number of rotatable bonds is 6. The summed E-state index contributed by atoms with van der Waals surface area (Å²) in [7, 11) is 1.67. The van der Waals surface area contributed by atoms with Crippen molar-refractivity contribution in [3.8, 4) is 11.4 Å². The Morgan fingerprint density at radius 3 is 2.77 bits per heavy atom. The van der Waals surface area contributed by atoms with Crippen molar-refractivity contribution in [2.45, 2.75) is 31.7 Å². The summed E-state index contributed by atoms with van der Waals surface area (Å²) in [6, 6.07) is 13.7. The summed E-state index contributed by atoms with van der Waals surface area (Å²) in [6.45, 7) is 1.19. The molecule has 1 aromatic heterocycles. The Labute approximate surface area is 187 Å². The van der Waals surface area contributed by atoms with E-state index in [0.717, 1.165) is 37.2 Å². The van der Waals surface area contributed by atoms with Crippen LogP contribution in [-0.2, 0) is 4.79 Å². The second kappa shape index (κ2) is 9.94. The first-order chi connectivity index (χ1) is 15.1. The zero-order valence-corrected chi connectivity index (χ0v) is 18.3. The van der Waals surface area contributed by atoms with Gasteiger partial charge in [-0.3, -0.25) is 9.69 Å². The number of halogens is 1. The molecule has 1 amide bonds. The van der Waals surface area contributed by atoms with E-state index in [1.807, 2.05) is 18.2 Å². The maximum absolute atomic E-state index is 13.0. The van der Waals surface area contributed by atoms with E-state index in [1.54, 1.807) is 30.3 Å². The number of carbonyl (C=O) groups is 1. The third kappa shape index (κ3) is 5.24. The van der Waals surface area contributed by atoms with E-state index in [4.69, 9.17) is 16.3 Å². The lowest BCUT2D eigenvalue weighted by Crippen LogP contribution is -2.36. The van der Waals surface area contributed by atoms with Gasteiger partial charge in [0.1, 0.15) is 18.4 Å². The first-order valence-corrected chi connectivity index (χ1v) is 10.8. The van der Waals surface area contributed by atoms with E-state index in [0.29, 0.717) is 17.3 Å². The molecule has 0 bridgehead atoms. The van der Waals surface area contributed by atoms with Crippen molar-refractivity contribution in [2.24, 2.45) is 0 Å². The van der Waals surface area contributed by atoms with Gasteiger partial charge >= 0.3 is 0 Å². The van der Waals surface area contributed by atoms with Gasteiger partial charge in [-0.2, -0.15) is 5.10 Å². The summed E-state index contributed by atoms with van der Waals surface area (Å²) in [5, 5.41) is 7.74. The predicted octanol–water partition coefficient (Wildman–Crippen LogP) is 4.49. The van der Waals surface area contributed by atoms with E-state index < -0.39 is 0 Å². The Morgan fingerprint density at radius 2 is 2.03 bits per heavy atom. The van der Waals surface area contributed by atoms with Gasteiger partial charge in [0.05, 0.1) is 25.0 Å². The first kappa shape index (κ1) is 21.3. The fraction of sp³-hybridized carbons (Fsp3) is 0.348. The van der Waals surface area contributed by atoms with Crippen LogP contribution in [0.3, 0.4) is 0 Å². The van der Waals surface area contributed by atoms with Crippen LogP contribution < -0.4 is 10.1 Å². The standard InChI is InChI=1S/C23H26ClN5O2/c1-31-19-9-6-17(7-10-19)21-5-3-2-4-12-28(21)14-23(30)27-20-13-18(24)8-11-22(20)29-16-25-15-26-29/h6-11,13,15-16,21H,2-5,12,14H2,1H3,(H,27,30)/t21-/m0/s1. The molecular weight excluding hydrogens is 414 g/mol. The molecule has 2 heterocycles. The monoisotopic (exact) mass is 439 g/mol. The number of anilines is 1. The predicted molar refractivity (Wildman–Crippen MR) is 121 cm³/mol. The van der Waals surface area contributed by atoms with Gasteiger partial charge < -0.3 is 10.1 Å². The molecule has 0 saturated carbocycles. The third-order valence-corrected chi connectivity index (χ3v) is 5.84. The highest BCUT2D eigenvalue weighted by atomic mass is 35.5. The van der Waals surface area contributed by atoms with Crippen molar-refractivity contribution in [3.05, 3.63) is 65.7 Å². The Balaban J connectivity index is 1.51. The molecule has 7 nitrogen and oxygen atoms in total. The number of aromatic nitrogens is 3. The number of amides is 1. The molecule has 0 unspecified atom stereocenters. The number of carbonyl (C=O) groups excluding carboxylic acids is 1. The van der Waals surface area contributed by atoms with Crippen LogP contribution in [-0.4, -0.2) is 45.8 Å². The largest absolute Gasteiger partial charge is 0.497 e. The third-order valence-electron chi connectivity index (χ3n) is 5.61. The molecule has 1 aliphatic rings. The molecule has 2 aromatic carbocycles. The number of hydrogen-bond acceptors (Lipinski definition) is 5. The van der Waals surface area contributed by atoms with Gasteiger partial charge in [-0.25, -0.2) is 9.67 Å². The second-order valence-corrected chi connectivity index (χ2v) is 8.09. The van der Waals surface area contributed by atoms with Gasteiger partial charge in [0, 0.05) is 11.1 Å². The molecule has 1 atom stereocenters. The Hall–Kier alpha value is -2.90. The molecule has 0 aliphatic carbocycles. The molecule has 0 spiro atoms. The van der Waals surface area contributed by atoms with Crippen molar-refractivity contribution < 1.29 is 9.53 Å². The lowest BCUT2D eigenvalue weighted by molar-refractivity contribution is -0.117. The Kier molecular flexibility index (Phi) is 6.84. The number of benzene rings is 2. The Morgan fingerprint density at radius 1 is 1.19 bits per heavy atom. The topological polar surface area (TPSA) is 72.3 Å². The van der Waals surface area contributed by atoms with Crippen LogP contribution in [0, 0.1) is 0 Å². The molecule has 1 N–H and O–H groups in total. The molecular formula is C23H26ClN5O2. The van der Waals surface area contributed by atoms with E-state index in [-0.39, 0.29) is 11.9 Å². The molecule has 1 fully saturated rings.